The molecule has 0 radical (unpaired) electrons. The number of anilines is 1. The molecule has 112 valence electrons. The Kier molecular flexibility index (Phi) is 4.52. The number of carbonyl (C=O) groups excluding carboxylic acids is 1. The minimum atomic E-state index is -3.79. The molecule has 21 heavy (non-hydrogen) atoms. The van der Waals surface area contributed by atoms with Crippen molar-refractivity contribution in [1.29, 1.82) is 0 Å². The van der Waals surface area contributed by atoms with E-state index in [1.54, 1.807) is 13.0 Å². The zero-order valence-corrected chi connectivity index (χ0v) is 14.5. The molecule has 1 aromatic carbocycles. The summed E-state index contributed by atoms with van der Waals surface area (Å²) in [5, 5.41) is 7.82. The first kappa shape index (κ1) is 16.2. The summed E-state index contributed by atoms with van der Waals surface area (Å²) < 4.78 is 23.6. The van der Waals surface area contributed by atoms with Crippen molar-refractivity contribution in [2.75, 3.05) is 5.32 Å². The topological polar surface area (TPSA) is 89.3 Å². The van der Waals surface area contributed by atoms with Crippen LogP contribution in [0.15, 0.2) is 32.9 Å². The van der Waals surface area contributed by atoms with Crippen molar-refractivity contribution in [2.24, 2.45) is 5.14 Å². The molecule has 8 heteroatoms. The van der Waals surface area contributed by atoms with E-state index in [1.165, 1.54) is 6.07 Å². The Morgan fingerprint density at radius 2 is 1.90 bits per heavy atom. The Bertz CT molecular complexity index is 813. The van der Waals surface area contributed by atoms with E-state index in [0.717, 1.165) is 21.4 Å². The first-order chi connectivity index (χ1) is 9.68. The van der Waals surface area contributed by atoms with E-state index in [0.29, 0.717) is 16.1 Å². The molecule has 1 amide bonds. The van der Waals surface area contributed by atoms with Crippen molar-refractivity contribution in [3.05, 3.63) is 44.7 Å². The molecule has 0 aliphatic rings. The van der Waals surface area contributed by atoms with Gasteiger partial charge in [-0.15, -0.1) is 11.3 Å². The van der Waals surface area contributed by atoms with E-state index >= 15 is 0 Å². The number of primary sulfonamides is 1. The molecular weight excluding hydrogens is 376 g/mol. The number of halogens is 1. The van der Waals surface area contributed by atoms with E-state index in [1.807, 2.05) is 19.1 Å². The van der Waals surface area contributed by atoms with Crippen molar-refractivity contribution >= 4 is 48.9 Å². The highest BCUT2D eigenvalue weighted by Crippen LogP contribution is 2.26. The van der Waals surface area contributed by atoms with E-state index in [4.69, 9.17) is 5.14 Å². The van der Waals surface area contributed by atoms with Gasteiger partial charge in [0.2, 0.25) is 10.0 Å². The third-order valence-corrected chi connectivity index (χ3v) is 6.34. The zero-order valence-electron chi connectivity index (χ0n) is 11.3. The molecule has 0 saturated carbocycles. The van der Waals surface area contributed by atoms with Gasteiger partial charge in [-0.3, -0.25) is 4.79 Å². The van der Waals surface area contributed by atoms with Gasteiger partial charge in [0.15, 0.2) is 0 Å². The van der Waals surface area contributed by atoms with Crippen LogP contribution in [0.4, 0.5) is 5.69 Å². The number of thiophene rings is 1. The molecule has 0 atom stereocenters. The van der Waals surface area contributed by atoms with Crippen LogP contribution in [-0.4, -0.2) is 14.3 Å². The normalized spacial score (nSPS) is 11.4. The van der Waals surface area contributed by atoms with Crippen LogP contribution >= 0.6 is 27.3 Å². The second kappa shape index (κ2) is 5.88. The minimum absolute atomic E-state index is 0.0165. The lowest BCUT2D eigenvalue weighted by Crippen LogP contribution is -2.11. The van der Waals surface area contributed by atoms with Crippen LogP contribution in [0.25, 0.3) is 0 Å². The second-order valence-electron chi connectivity index (χ2n) is 4.54. The fraction of sp³-hybridized carbons (Fsp3) is 0.154. The molecule has 1 heterocycles. The number of benzene rings is 1. The first-order valence-electron chi connectivity index (χ1n) is 5.89. The van der Waals surface area contributed by atoms with Gasteiger partial charge in [-0.2, -0.15) is 0 Å². The summed E-state index contributed by atoms with van der Waals surface area (Å²) in [6.07, 6.45) is 0. The van der Waals surface area contributed by atoms with E-state index in [9.17, 15) is 13.2 Å². The molecule has 3 N–H and O–H groups in total. The highest BCUT2D eigenvalue weighted by molar-refractivity contribution is 9.10. The number of nitrogens with two attached hydrogens (primary N) is 1. The van der Waals surface area contributed by atoms with Crippen LogP contribution in [0.5, 0.6) is 0 Å². The van der Waals surface area contributed by atoms with Gasteiger partial charge in [-0.1, -0.05) is 15.9 Å². The maximum Gasteiger partial charge on any atom is 0.266 e. The van der Waals surface area contributed by atoms with Crippen molar-refractivity contribution in [3.8, 4) is 0 Å². The van der Waals surface area contributed by atoms with Gasteiger partial charge in [0.25, 0.3) is 5.91 Å². The van der Waals surface area contributed by atoms with Gasteiger partial charge in [0.05, 0.1) is 4.88 Å². The summed E-state index contributed by atoms with van der Waals surface area (Å²) in [6.45, 7) is 3.59. The van der Waals surface area contributed by atoms with Gasteiger partial charge in [-0.25, -0.2) is 13.6 Å². The summed E-state index contributed by atoms with van der Waals surface area (Å²) in [4.78, 5) is 12.6. The molecule has 0 bridgehead atoms. The summed E-state index contributed by atoms with van der Waals surface area (Å²) in [5.74, 6) is -0.353. The van der Waals surface area contributed by atoms with E-state index in [-0.39, 0.29) is 10.1 Å². The lowest BCUT2D eigenvalue weighted by molar-refractivity contribution is 0.103. The van der Waals surface area contributed by atoms with Crippen molar-refractivity contribution < 1.29 is 13.2 Å². The predicted octanol–water partition coefficient (Wildman–Crippen LogP) is 3.03. The summed E-state index contributed by atoms with van der Waals surface area (Å²) >= 11 is 4.25. The lowest BCUT2D eigenvalue weighted by Gasteiger charge is -2.06. The predicted molar refractivity (Wildman–Crippen MR) is 87.3 cm³/mol. The quantitative estimate of drug-likeness (QED) is 0.846. The SMILES string of the molecule is Cc1cc(NC(=O)c2sc(S(N)(=O)=O)cc2C)ccc1Br. The van der Waals surface area contributed by atoms with Crippen LogP contribution in [-0.2, 0) is 10.0 Å². The number of hydrogen-bond donors (Lipinski definition) is 2. The number of carbonyl (C=O) groups is 1. The van der Waals surface area contributed by atoms with Gasteiger partial charge in [0, 0.05) is 10.2 Å². The second-order valence-corrected chi connectivity index (χ2v) is 8.24. The maximum atomic E-state index is 12.2. The van der Waals surface area contributed by atoms with Crippen molar-refractivity contribution in [1.82, 2.24) is 0 Å². The van der Waals surface area contributed by atoms with Gasteiger partial charge < -0.3 is 5.32 Å². The van der Waals surface area contributed by atoms with Gasteiger partial charge >= 0.3 is 0 Å². The smallest absolute Gasteiger partial charge is 0.266 e. The van der Waals surface area contributed by atoms with Crippen LogP contribution in [0.3, 0.4) is 0 Å². The monoisotopic (exact) mass is 388 g/mol. The van der Waals surface area contributed by atoms with Crippen molar-refractivity contribution in [2.45, 2.75) is 18.1 Å². The Hall–Kier alpha value is -1.22. The number of nitrogens with one attached hydrogen (secondary N) is 1. The molecule has 0 aliphatic heterocycles. The molecule has 0 saturated heterocycles. The molecular formula is C13H13BrN2O3S2. The molecule has 0 unspecified atom stereocenters. The highest BCUT2D eigenvalue weighted by Gasteiger charge is 2.19. The Balaban J connectivity index is 2.28. The van der Waals surface area contributed by atoms with E-state index < -0.39 is 10.0 Å². The third-order valence-electron chi connectivity index (χ3n) is 2.80. The number of hydrogen-bond acceptors (Lipinski definition) is 4. The number of aryl methyl sites for hydroxylation is 2. The number of rotatable bonds is 3. The molecule has 0 fully saturated rings. The molecule has 5 nitrogen and oxygen atoms in total. The molecule has 1 aromatic heterocycles. The number of sulfonamides is 1. The highest BCUT2D eigenvalue weighted by atomic mass is 79.9. The van der Waals surface area contributed by atoms with Crippen LogP contribution in [0.2, 0.25) is 0 Å². The third kappa shape index (κ3) is 3.70. The summed E-state index contributed by atoms with van der Waals surface area (Å²) in [6, 6.07) is 6.83. The fourth-order valence-corrected chi connectivity index (χ4v) is 3.83. The zero-order chi connectivity index (χ0) is 15.8. The van der Waals surface area contributed by atoms with Crippen molar-refractivity contribution in [3.63, 3.8) is 0 Å². The largest absolute Gasteiger partial charge is 0.321 e. The standard InChI is InChI=1S/C13H13BrN2O3S2/c1-7-5-9(3-4-10(7)14)16-13(17)12-8(2)6-11(20-12)21(15,18)19/h3-6H,1-2H3,(H,16,17)(H2,15,18,19). The number of amides is 1. The fourth-order valence-electron chi connectivity index (χ4n) is 1.73. The summed E-state index contributed by atoms with van der Waals surface area (Å²) in [7, 11) is -3.79. The van der Waals surface area contributed by atoms with Crippen LogP contribution in [0, 0.1) is 13.8 Å². The van der Waals surface area contributed by atoms with Crippen LogP contribution in [0.1, 0.15) is 20.8 Å². The molecule has 2 aromatic rings. The Morgan fingerprint density at radius 1 is 1.24 bits per heavy atom. The Labute approximate surface area is 135 Å². The van der Waals surface area contributed by atoms with Crippen LogP contribution < -0.4 is 10.5 Å². The first-order valence-corrected chi connectivity index (χ1v) is 9.05. The minimum Gasteiger partial charge on any atom is -0.321 e. The van der Waals surface area contributed by atoms with Gasteiger partial charge in [0.1, 0.15) is 4.21 Å². The molecule has 0 aliphatic carbocycles. The molecule has 2 rings (SSSR count). The summed E-state index contributed by atoms with van der Waals surface area (Å²) in [5.41, 5.74) is 2.21. The molecule has 0 spiro atoms. The lowest BCUT2D eigenvalue weighted by atomic mass is 10.2. The Morgan fingerprint density at radius 3 is 2.43 bits per heavy atom. The van der Waals surface area contributed by atoms with Gasteiger partial charge in [-0.05, 0) is 49.2 Å². The maximum absolute atomic E-state index is 12.2. The van der Waals surface area contributed by atoms with E-state index in [2.05, 4.69) is 21.2 Å². The average molecular weight is 389 g/mol. The average Bonchev–Trinajstić information content (AvgIpc) is 2.76.